The second kappa shape index (κ2) is 6.63. The quantitative estimate of drug-likeness (QED) is 0.675. The molecule has 0 aliphatic carbocycles. The second-order valence-corrected chi connectivity index (χ2v) is 5.40. The molecule has 1 saturated heterocycles. The molecule has 1 unspecified atom stereocenters. The van der Waals surface area contributed by atoms with Gasteiger partial charge >= 0.3 is 0 Å². The van der Waals surface area contributed by atoms with E-state index in [1.165, 1.54) is 0 Å². The van der Waals surface area contributed by atoms with Crippen molar-refractivity contribution in [2.24, 2.45) is 5.73 Å². The first-order valence-corrected chi connectivity index (χ1v) is 7.42. The van der Waals surface area contributed by atoms with Crippen LogP contribution in [0.15, 0.2) is 42.6 Å². The first kappa shape index (κ1) is 15.9. The van der Waals surface area contributed by atoms with Crippen LogP contribution in [0.1, 0.15) is 22.0 Å². The maximum absolute atomic E-state index is 11.7. The van der Waals surface area contributed by atoms with Gasteiger partial charge < -0.3 is 15.4 Å². The maximum atomic E-state index is 11.7. The van der Waals surface area contributed by atoms with E-state index >= 15 is 0 Å². The molecule has 1 aromatic carbocycles. The predicted octanol–water partition coefficient (Wildman–Crippen LogP) is 1.67. The van der Waals surface area contributed by atoms with Crippen LogP contribution < -0.4 is 10.6 Å². The number of amides is 1. The molecule has 0 saturated carbocycles. The van der Waals surface area contributed by atoms with E-state index in [1.54, 1.807) is 0 Å². The van der Waals surface area contributed by atoms with Gasteiger partial charge in [0.25, 0.3) is 11.6 Å². The van der Waals surface area contributed by atoms with Crippen molar-refractivity contribution >= 4 is 17.4 Å². The third-order valence-electron chi connectivity index (χ3n) is 3.87. The summed E-state index contributed by atoms with van der Waals surface area (Å²) in [5.74, 6) is -0.402. The topological polar surface area (TPSA) is 112 Å². The largest absolute Gasteiger partial charge is 0.370 e. The summed E-state index contributed by atoms with van der Waals surface area (Å²) in [5.41, 5.74) is 6.17. The molecule has 1 aromatic heterocycles. The number of carbonyl (C=O) groups is 1. The first-order chi connectivity index (χ1) is 11.6. The van der Waals surface area contributed by atoms with Crippen LogP contribution in [-0.2, 0) is 4.74 Å². The highest BCUT2D eigenvalue weighted by molar-refractivity contribution is 5.98. The van der Waals surface area contributed by atoms with E-state index in [1.807, 2.05) is 35.2 Å². The van der Waals surface area contributed by atoms with E-state index in [4.69, 9.17) is 10.5 Å². The summed E-state index contributed by atoms with van der Waals surface area (Å²) in [5, 5.41) is 10.9. The Labute approximate surface area is 138 Å². The molecule has 2 heterocycles. The summed E-state index contributed by atoms with van der Waals surface area (Å²) in [6.07, 6.45) is 0.965. The lowest BCUT2D eigenvalue weighted by atomic mass is 10.1. The van der Waals surface area contributed by atoms with Crippen molar-refractivity contribution in [1.82, 2.24) is 4.98 Å². The Hall–Kier alpha value is -3.00. The lowest BCUT2D eigenvalue weighted by Gasteiger charge is -2.34. The van der Waals surface area contributed by atoms with Crippen LogP contribution in [0.3, 0.4) is 0 Å². The third kappa shape index (κ3) is 3.18. The Bertz CT molecular complexity index is 766. The molecule has 0 spiro atoms. The Morgan fingerprint density at radius 2 is 2.12 bits per heavy atom. The number of nitrogens with zero attached hydrogens (tertiary/aromatic N) is 3. The minimum absolute atomic E-state index is 0.0397. The molecule has 8 nitrogen and oxygen atoms in total. The summed E-state index contributed by atoms with van der Waals surface area (Å²) < 4.78 is 5.78. The molecule has 1 aliphatic heterocycles. The molecule has 2 aromatic rings. The molecule has 1 fully saturated rings. The van der Waals surface area contributed by atoms with Crippen LogP contribution in [0.4, 0.5) is 11.5 Å². The number of rotatable bonds is 4. The minimum Gasteiger partial charge on any atom is -0.370 e. The number of primary amides is 1. The van der Waals surface area contributed by atoms with Gasteiger partial charge in [-0.3, -0.25) is 14.9 Å². The number of nitro groups is 1. The fraction of sp³-hybridized carbons (Fsp3) is 0.250. The van der Waals surface area contributed by atoms with Gasteiger partial charge in [0.15, 0.2) is 0 Å². The summed E-state index contributed by atoms with van der Waals surface area (Å²) >= 11 is 0. The van der Waals surface area contributed by atoms with Gasteiger partial charge in [0, 0.05) is 19.2 Å². The van der Waals surface area contributed by atoms with E-state index < -0.39 is 10.8 Å². The highest BCUT2D eigenvalue weighted by atomic mass is 16.6. The van der Waals surface area contributed by atoms with E-state index in [9.17, 15) is 14.9 Å². The highest BCUT2D eigenvalue weighted by Crippen LogP contribution is 2.28. The Balaban J connectivity index is 1.90. The van der Waals surface area contributed by atoms with E-state index in [2.05, 4.69) is 4.98 Å². The number of anilines is 1. The monoisotopic (exact) mass is 328 g/mol. The average Bonchev–Trinajstić information content (AvgIpc) is 2.62. The SMILES string of the molecule is NC(=O)c1cc([N+](=O)[O-])cnc1N1CCOC(c2ccccc2)C1. The molecule has 2 N–H and O–H groups in total. The highest BCUT2D eigenvalue weighted by Gasteiger charge is 2.27. The van der Waals surface area contributed by atoms with Crippen LogP contribution in [0.2, 0.25) is 0 Å². The zero-order valence-corrected chi connectivity index (χ0v) is 12.8. The fourth-order valence-electron chi connectivity index (χ4n) is 2.69. The van der Waals surface area contributed by atoms with Crippen molar-refractivity contribution in [3.63, 3.8) is 0 Å². The van der Waals surface area contributed by atoms with Crippen molar-refractivity contribution in [2.75, 3.05) is 24.6 Å². The predicted molar refractivity (Wildman–Crippen MR) is 86.8 cm³/mol. The van der Waals surface area contributed by atoms with Crippen molar-refractivity contribution < 1.29 is 14.5 Å². The first-order valence-electron chi connectivity index (χ1n) is 7.42. The molecule has 0 bridgehead atoms. The Morgan fingerprint density at radius 3 is 2.79 bits per heavy atom. The number of pyridine rings is 1. The number of carbonyl (C=O) groups excluding carboxylic acids is 1. The molecule has 1 aliphatic rings. The molecular weight excluding hydrogens is 312 g/mol. The summed E-state index contributed by atoms with van der Waals surface area (Å²) in [6, 6.07) is 10.9. The number of morpholine rings is 1. The van der Waals surface area contributed by atoms with Gasteiger partial charge in [0.1, 0.15) is 18.1 Å². The van der Waals surface area contributed by atoms with Crippen molar-refractivity contribution in [1.29, 1.82) is 0 Å². The summed E-state index contributed by atoms with van der Waals surface area (Å²) in [4.78, 5) is 27.9. The standard InChI is InChI=1S/C16H16N4O4/c17-15(21)13-8-12(20(22)23)9-18-16(13)19-6-7-24-14(10-19)11-4-2-1-3-5-11/h1-5,8-9,14H,6-7,10H2,(H2,17,21). The van der Waals surface area contributed by atoms with Gasteiger partial charge in [0.05, 0.1) is 17.1 Å². The average molecular weight is 328 g/mol. The molecule has 0 radical (unpaired) electrons. The third-order valence-corrected chi connectivity index (χ3v) is 3.87. The molecule has 3 rings (SSSR count). The van der Waals surface area contributed by atoms with Crippen LogP contribution in [-0.4, -0.2) is 35.5 Å². The van der Waals surface area contributed by atoms with Crippen LogP contribution in [0.25, 0.3) is 0 Å². The molecule has 8 heteroatoms. The number of hydrogen-bond acceptors (Lipinski definition) is 6. The van der Waals surface area contributed by atoms with Gasteiger partial charge in [0.2, 0.25) is 0 Å². The smallest absolute Gasteiger partial charge is 0.288 e. The second-order valence-electron chi connectivity index (χ2n) is 5.40. The number of aromatic nitrogens is 1. The van der Waals surface area contributed by atoms with Crippen LogP contribution in [0.5, 0.6) is 0 Å². The van der Waals surface area contributed by atoms with Gasteiger partial charge in [-0.2, -0.15) is 0 Å². The molecule has 24 heavy (non-hydrogen) atoms. The lowest BCUT2D eigenvalue weighted by Crippen LogP contribution is -2.40. The summed E-state index contributed by atoms with van der Waals surface area (Å²) in [7, 11) is 0. The number of hydrogen-bond donors (Lipinski definition) is 1. The normalized spacial score (nSPS) is 17.5. The zero-order chi connectivity index (χ0) is 17.1. The molecule has 1 amide bonds. The number of nitrogens with two attached hydrogens (primary N) is 1. The molecule has 124 valence electrons. The number of benzene rings is 1. The molecule has 1 atom stereocenters. The van der Waals surface area contributed by atoms with E-state index in [0.717, 1.165) is 17.8 Å². The van der Waals surface area contributed by atoms with Crippen molar-refractivity contribution in [3.8, 4) is 0 Å². The van der Waals surface area contributed by atoms with Crippen molar-refractivity contribution in [3.05, 3.63) is 63.8 Å². The fourth-order valence-corrected chi connectivity index (χ4v) is 2.69. The van der Waals surface area contributed by atoms with E-state index in [-0.39, 0.29) is 17.4 Å². The number of ether oxygens (including phenoxy) is 1. The minimum atomic E-state index is -0.746. The van der Waals surface area contributed by atoms with Crippen LogP contribution >= 0.6 is 0 Å². The summed E-state index contributed by atoms with van der Waals surface area (Å²) in [6.45, 7) is 1.46. The lowest BCUT2D eigenvalue weighted by molar-refractivity contribution is -0.385. The van der Waals surface area contributed by atoms with Gasteiger partial charge in [-0.25, -0.2) is 4.98 Å². The Morgan fingerprint density at radius 1 is 1.38 bits per heavy atom. The zero-order valence-electron chi connectivity index (χ0n) is 12.8. The van der Waals surface area contributed by atoms with Gasteiger partial charge in [-0.05, 0) is 5.56 Å². The molecular formula is C16H16N4O4. The van der Waals surface area contributed by atoms with E-state index in [0.29, 0.717) is 25.5 Å². The Kier molecular flexibility index (Phi) is 4.39. The maximum Gasteiger partial charge on any atom is 0.288 e. The van der Waals surface area contributed by atoms with Crippen LogP contribution in [0, 0.1) is 10.1 Å². The van der Waals surface area contributed by atoms with Gasteiger partial charge in [-0.1, -0.05) is 30.3 Å². The van der Waals surface area contributed by atoms with Gasteiger partial charge in [-0.15, -0.1) is 0 Å². The van der Waals surface area contributed by atoms with Crippen molar-refractivity contribution in [2.45, 2.75) is 6.10 Å².